The second kappa shape index (κ2) is 13.1. The second-order valence-electron chi connectivity index (χ2n) is 11.3. The zero-order chi connectivity index (χ0) is 33.6. The van der Waals surface area contributed by atoms with Crippen molar-refractivity contribution in [2.45, 2.75) is 68.5 Å². The van der Waals surface area contributed by atoms with E-state index in [0.29, 0.717) is 0 Å². The average molecular weight is 653 g/mol. The van der Waals surface area contributed by atoms with Gasteiger partial charge in [-0.3, -0.25) is 4.79 Å². The van der Waals surface area contributed by atoms with Gasteiger partial charge < -0.3 is 74.1 Å². The molecule has 0 amide bonds. The van der Waals surface area contributed by atoms with E-state index in [2.05, 4.69) is 0 Å². The van der Waals surface area contributed by atoms with Crippen LogP contribution in [0.1, 0.15) is 13.3 Å². The van der Waals surface area contributed by atoms with Gasteiger partial charge in [-0.1, -0.05) is 6.92 Å². The lowest BCUT2D eigenvalue weighted by molar-refractivity contribution is -0.303. The topological polar surface area (TPSA) is 258 Å². The van der Waals surface area contributed by atoms with Gasteiger partial charge in [-0.15, -0.1) is 0 Å². The lowest BCUT2D eigenvalue weighted by Crippen LogP contribution is -2.63. The summed E-state index contributed by atoms with van der Waals surface area (Å²) < 4.78 is 34.0. The molecule has 0 bridgehead atoms. The van der Waals surface area contributed by atoms with Gasteiger partial charge in [-0.05, 0) is 24.5 Å². The number of methoxy groups -OCH3 is 2. The molecule has 9 N–H and O–H groups in total. The highest BCUT2D eigenvalue weighted by atomic mass is 16.7. The zero-order valence-corrected chi connectivity index (χ0v) is 24.9. The minimum absolute atomic E-state index is 0.0415. The molecule has 2 fully saturated rings. The van der Waals surface area contributed by atoms with Gasteiger partial charge in [-0.25, -0.2) is 0 Å². The van der Waals surface area contributed by atoms with Crippen molar-refractivity contribution in [2.75, 3.05) is 20.8 Å². The molecule has 16 heteroatoms. The molecule has 0 spiro atoms. The minimum atomic E-state index is -1.79. The Bertz CT molecular complexity index is 1600. The van der Waals surface area contributed by atoms with E-state index in [-0.39, 0.29) is 46.0 Å². The second-order valence-corrected chi connectivity index (χ2v) is 11.3. The lowest BCUT2D eigenvalue weighted by Gasteiger charge is -2.46. The molecule has 2 aliphatic rings. The Morgan fingerprint density at radius 1 is 0.870 bits per heavy atom. The maximum Gasteiger partial charge on any atom is 0.238 e. The molecule has 1 saturated heterocycles. The Morgan fingerprint density at radius 3 is 2.13 bits per heavy atom. The number of ether oxygens (including phenoxy) is 5. The summed E-state index contributed by atoms with van der Waals surface area (Å²) >= 11 is 0. The number of phenols is 2. The standard InChI is InChI=1S/C30H36O16/c1-10-4-15(21(35)23(37)20(10)34)44-29-18(9-31)45-30(26(40)25(29)39)46-28-16(41-2)5-11(6-17(28)42-3)27-24(38)22(36)19-13(33)7-12(32)8-14(19)43-27/h5-8,10,15,18,20-21,23,25-26,29-35,37-40H,4,9H2,1-3H3. The van der Waals surface area contributed by atoms with E-state index in [4.69, 9.17) is 28.1 Å². The number of aliphatic hydroxyl groups excluding tert-OH is 6. The van der Waals surface area contributed by atoms with Crippen LogP contribution in [0.25, 0.3) is 22.3 Å². The molecule has 10 unspecified atom stereocenters. The van der Waals surface area contributed by atoms with Crippen LogP contribution in [-0.4, -0.2) is 122 Å². The molecule has 2 aromatic carbocycles. The summed E-state index contributed by atoms with van der Waals surface area (Å²) in [6.07, 6.45) is -13.0. The van der Waals surface area contributed by atoms with Crippen LogP contribution in [-0.2, 0) is 9.47 Å². The molecule has 1 aliphatic carbocycles. The SMILES string of the molecule is COc1cc(-c2oc3cc(O)cc(O)c3c(=O)c2O)cc(OC)c1OC1OC(CO)C(OC2CC(C)C(O)C(O)C2O)C(O)C1O. The van der Waals surface area contributed by atoms with Gasteiger partial charge in [0.05, 0.1) is 33.0 Å². The summed E-state index contributed by atoms with van der Waals surface area (Å²) in [6, 6.07) is 4.57. The van der Waals surface area contributed by atoms with Crippen LogP contribution in [0.15, 0.2) is 33.5 Å². The fraction of sp³-hybridized carbons (Fsp3) is 0.500. The predicted molar refractivity (Wildman–Crippen MR) is 155 cm³/mol. The molecular weight excluding hydrogens is 616 g/mol. The maximum atomic E-state index is 12.9. The fourth-order valence-corrected chi connectivity index (χ4v) is 5.77. The lowest BCUT2D eigenvalue weighted by atomic mass is 9.81. The van der Waals surface area contributed by atoms with Gasteiger partial charge >= 0.3 is 0 Å². The van der Waals surface area contributed by atoms with E-state index in [1.54, 1.807) is 6.92 Å². The molecule has 46 heavy (non-hydrogen) atoms. The van der Waals surface area contributed by atoms with Crippen molar-refractivity contribution in [1.29, 1.82) is 0 Å². The number of aliphatic hydroxyl groups is 6. The first-order valence-electron chi connectivity index (χ1n) is 14.3. The van der Waals surface area contributed by atoms with Crippen LogP contribution in [0, 0.1) is 5.92 Å². The van der Waals surface area contributed by atoms with Crippen molar-refractivity contribution in [3.05, 3.63) is 34.5 Å². The van der Waals surface area contributed by atoms with Gasteiger partial charge in [0.15, 0.2) is 17.3 Å². The molecule has 1 aromatic heterocycles. The van der Waals surface area contributed by atoms with Crippen molar-refractivity contribution in [2.24, 2.45) is 5.92 Å². The first-order valence-corrected chi connectivity index (χ1v) is 14.3. The highest BCUT2D eigenvalue weighted by molar-refractivity contribution is 5.88. The molecule has 1 saturated carbocycles. The first kappa shape index (κ1) is 33.5. The van der Waals surface area contributed by atoms with E-state index >= 15 is 0 Å². The summed E-state index contributed by atoms with van der Waals surface area (Å²) in [4.78, 5) is 12.9. The Morgan fingerprint density at radius 2 is 1.52 bits per heavy atom. The summed E-state index contributed by atoms with van der Waals surface area (Å²) in [5.74, 6) is -3.02. The van der Waals surface area contributed by atoms with Crippen molar-refractivity contribution >= 4 is 11.0 Å². The summed E-state index contributed by atoms with van der Waals surface area (Å²) in [5, 5.41) is 93.0. The van der Waals surface area contributed by atoms with Crippen molar-refractivity contribution in [3.63, 3.8) is 0 Å². The van der Waals surface area contributed by atoms with Gasteiger partial charge in [0.1, 0.15) is 59.1 Å². The van der Waals surface area contributed by atoms with Gasteiger partial charge in [0, 0.05) is 17.7 Å². The highest BCUT2D eigenvalue weighted by Crippen LogP contribution is 2.45. The molecule has 3 aromatic rings. The number of hydrogen-bond donors (Lipinski definition) is 9. The quantitative estimate of drug-likeness (QED) is 0.146. The number of rotatable bonds is 8. The number of benzene rings is 2. The summed E-state index contributed by atoms with van der Waals surface area (Å²) in [7, 11) is 2.51. The summed E-state index contributed by atoms with van der Waals surface area (Å²) in [5.41, 5.74) is -1.17. The molecule has 252 valence electrons. The Labute approximate surface area is 260 Å². The third kappa shape index (κ3) is 5.89. The number of fused-ring (bicyclic) bond motifs is 1. The molecule has 10 atom stereocenters. The van der Waals surface area contributed by atoms with Gasteiger partial charge in [0.2, 0.25) is 23.2 Å². The first-order chi connectivity index (χ1) is 21.8. The predicted octanol–water partition coefficient (Wildman–Crippen LogP) is -0.712. The largest absolute Gasteiger partial charge is 0.508 e. The van der Waals surface area contributed by atoms with Crippen LogP contribution in [0.2, 0.25) is 0 Å². The van der Waals surface area contributed by atoms with Crippen LogP contribution in [0.4, 0.5) is 0 Å². The Balaban J connectivity index is 1.44. The van der Waals surface area contributed by atoms with Crippen molar-refractivity contribution in [3.8, 4) is 45.8 Å². The fourth-order valence-electron chi connectivity index (χ4n) is 5.77. The van der Waals surface area contributed by atoms with E-state index in [9.17, 15) is 50.8 Å². The van der Waals surface area contributed by atoms with Crippen molar-refractivity contribution < 1.29 is 74.1 Å². The van der Waals surface area contributed by atoms with E-state index in [1.165, 1.54) is 26.4 Å². The molecule has 0 radical (unpaired) electrons. The highest BCUT2D eigenvalue weighted by Gasteiger charge is 2.50. The number of hydrogen-bond acceptors (Lipinski definition) is 16. The normalized spacial score (nSPS) is 31.5. The number of phenolic OH excluding ortho intramolecular Hbond substituents is 2. The molecule has 5 rings (SSSR count). The van der Waals surface area contributed by atoms with Gasteiger partial charge in [0.25, 0.3) is 0 Å². The summed E-state index contributed by atoms with van der Waals surface area (Å²) in [6.45, 7) is 0.930. The Kier molecular flexibility index (Phi) is 9.53. The van der Waals surface area contributed by atoms with E-state index < -0.39 is 90.3 Å². The minimum Gasteiger partial charge on any atom is -0.508 e. The molecule has 16 nitrogen and oxygen atoms in total. The third-order valence-corrected chi connectivity index (χ3v) is 8.31. The van der Waals surface area contributed by atoms with E-state index in [0.717, 1.165) is 12.1 Å². The van der Waals surface area contributed by atoms with Crippen LogP contribution >= 0.6 is 0 Å². The smallest absolute Gasteiger partial charge is 0.238 e. The molecular formula is C30H36O16. The third-order valence-electron chi connectivity index (χ3n) is 8.31. The van der Waals surface area contributed by atoms with Crippen LogP contribution < -0.4 is 19.6 Å². The number of aromatic hydroxyl groups is 3. The monoisotopic (exact) mass is 652 g/mol. The van der Waals surface area contributed by atoms with Crippen LogP contribution in [0.5, 0.6) is 34.5 Å². The van der Waals surface area contributed by atoms with Crippen LogP contribution in [0.3, 0.4) is 0 Å². The average Bonchev–Trinajstić information content (AvgIpc) is 3.03. The maximum absolute atomic E-state index is 12.9. The Hall–Kier alpha value is -3.87. The molecule has 1 aliphatic heterocycles. The van der Waals surface area contributed by atoms with Crippen molar-refractivity contribution in [1.82, 2.24) is 0 Å². The molecule has 2 heterocycles. The van der Waals surface area contributed by atoms with E-state index in [1.807, 2.05) is 0 Å². The van der Waals surface area contributed by atoms with Gasteiger partial charge in [-0.2, -0.15) is 0 Å². The zero-order valence-electron chi connectivity index (χ0n) is 24.9.